The van der Waals surface area contributed by atoms with Gasteiger partial charge in [0.2, 0.25) is 0 Å². The van der Waals surface area contributed by atoms with E-state index in [1.165, 1.54) is 11.1 Å². The molecule has 4 heteroatoms. The lowest BCUT2D eigenvalue weighted by molar-refractivity contribution is 0.591. The molecule has 1 aromatic carbocycles. The summed E-state index contributed by atoms with van der Waals surface area (Å²) in [7, 11) is -2.85. The normalized spacial score (nSPS) is 11.6. The number of hydrogen-bond acceptors (Lipinski definition) is 3. The first-order valence-corrected chi connectivity index (χ1v) is 7.89. The summed E-state index contributed by atoms with van der Waals surface area (Å²) < 4.78 is 22.6. The number of hydrogen-bond donors (Lipinski definition) is 1. The molecule has 0 aliphatic heterocycles. The van der Waals surface area contributed by atoms with Crippen LogP contribution >= 0.6 is 0 Å². The van der Waals surface area contributed by atoms with E-state index in [0.29, 0.717) is 6.54 Å². The van der Waals surface area contributed by atoms with Gasteiger partial charge in [-0.1, -0.05) is 38.1 Å². The average molecular weight is 255 g/mol. The van der Waals surface area contributed by atoms with Gasteiger partial charge in [-0.15, -0.1) is 0 Å². The first-order chi connectivity index (χ1) is 8.09. The maximum atomic E-state index is 11.3. The van der Waals surface area contributed by atoms with Gasteiger partial charge in [0.25, 0.3) is 0 Å². The van der Waals surface area contributed by atoms with Crippen LogP contribution in [0.1, 0.15) is 25.0 Å². The summed E-state index contributed by atoms with van der Waals surface area (Å²) in [5.41, 5.74) is 2.57. The second kappa shape index (κ2) is 6.77. The molecule has 0 bridgehead atoms. The Labute approximate surface area is 104 Å². The molecule has 1 rings (SSSR count). The van der Waals surface area contributed by atoms with Crippen LogP contribution in [0.2, 0.25) is 0 Å². The minimum atomic E-state index is -2.85. The second-order valence-electron chi connectivity index (χ2n) is 4.04. The highest BCUT2D eigenvalue weighted by atomic mass is 32.2. The van der Waals surface area contributed by atoms with Gasteiger partial charge in [0, 0.05) is 18.8 Å². The van der Waals surface area contributed by atoms with Crippen LogP contribution in [0.4, 0.5) is 0 Å². The van der Waals surface area contributed by atoms with Gasteiger partial charge in [0.1, 0.15) is 0 Å². The Bertz CT molecular complexity index is 440. The van der Waals surface area contributed by atoms with Crippen LogP contribution in [-0.4, -0.2) is 26.5 Å². The molecule has 0 saturated heterocycles. The molecule has 0 fully saturated rings. The Balaban J connectivity index is 2.41. The molecule has 3 nitrogen and oxygen atoms in total. The third kappa shape index (κ3) is 4.88. The van der Waals surface area contributed by atoms with Crippen molar-refractivity contribution >= 4 is 9.84 Å². The summed E-state index contributed by atoms with van der Waals surface area (Å²) in [6, 6.07) is 8.24. The van der Waals surface area contributed by atoms with Gasteiger partial charge in [0.05, 0.1) is 5.75 Å². The summed E-state index contributed by atoms with van der Waals surface area (Å²) in [5.74, 6) is 0.442. The van der Waals surface area contributed by atoms with E-state index in [2.05, 4.69) is 24.4 Å². The lowest BCUT2D eigenvalue weighted by Gasteiger charge is -2.09. The van der Waals surface area contributed by atoms with Gasteiger partial charge in [0.15, 0.2) is 9.84 Å². The van der Waals surface area contributed by atoms with Crippen molar-refractivity contribution in [3.63, 3.8) is 0 Å². The molecule has 0 aromatic heterocycles. The minimum absolute atomic E-state index is 0.220. The molecule has 1 N–H and O–H groups in total. The van der Waals surface area contributed by atoms with Crippen LogP contribution in [0.5, 0.6) is 0 Å². The van der Waals surface area contributed by atoms with Gasteiger partial charge >= 0.3 is 0 Å². The van der Waals surface area contributed by atoms with E-state index in [4.69, 9.17) is 0 Å². The molecule has 0 unspecified atom stereocenters. The fourth-order valence-corrected chi connectivity index (χ4v) is 2.41. The van der Waals surface area contributed by atoms with Crippen molar-refractivity contribution in [3.05, 3.63) is 35.4 Å². The van der Waals surface area contributed by atoms with Gasteiger partial charge in [-0.2, -0.15) is 0 Å². The Kier molecular flexibility index (Phi) is 5.65. The van der Waals surface area contributed by atoms with Crippen LogP contribution in [-0.2, 0) is 22.8 Å². The fraction of sp³-hybridized carbons (Fsp3) is 0.538. The number of sulfone groups is 1. The highest BCUT2D eigenvalue weighted by molar-refractivity contribution is 7.91. The minimum Gasteiger partial charge on any atom is -0.312 e. The van der Waals surface area contributed by atoms with Crippen LogP contribution in [0.25, 0.3) is 0 Å². The lowest BCUT2D eigenvalue weighted by atomic mass is 10.1. The fourth-order valence-electron chi connectivity index (χ4n) is 1.67. The monoisotopic (exact) mass is 255 g/mol. The molecule has 0 spiro atoms. The molecule has 0 heterocycles. The van der Waals surface area contributed by atoms with Crippen molar-refractivity contribution in [1.82, 2.24) is 5.32 Å². The van der Waals surface area contributed by atoms with E-state index in [9.17, 15) is 8.42 Å². The maximum Gasteiger partial charge on any atom is 0.151 e. The number of benzene rings is 1. The first-order valence-electron chi connectivity index (χ1n) is 6.07. The summed E-state index contributed by atoms with van der Waals surface area (Å²) in [6.45, 7) is 5.07. The lowest BCUT2D eigenvalue weighted by Crippen LogP contribution is -2.23. The topological polar surface area (TPSA) is 46.2 Å². The van der Waals surface area contributed by atoms with E-state index < -0.39 is 9.84 Å². The zero-order valence-corrected chi connectivity index (χ0v) is 11.4. The zero-order chi connectivity index (χ0) is 12.7. The molecule has 0 aliphatic carbocycles. The molecule has 0 amide bonds. The molecule has 17 heavy (non-hydrogen) atoms. The summed E-state index contributed by atoms with van der Waals surface area (Å²) in [6.07, 6.45) is 1.01. The molecule has 1 aromatic rings. The van der Waals surface area contributed by atoms with Gasteiger partial charge in [-0.3, -0.25) is 0 Å². The Morgan fingerprint density at radius 3 is 2.35 bits per heavy atom. The quantitative estimate of drug-likeness (QED) is 0.755. The van der Waals surface area contributed by atoms with Crippen molar-refractivity contribution in [3.8, 4) is 0 Å². The van der Waals surface area contributed by atoms with Crippen LogP contribution in [0.15, 0.2) is 24.3 Å². The number of nitrogens with one attached hydrogen (secondary N) is 1. The highest BCUT2D eigenvalue weighted by Crippen LogP contribution is 2.08. The third-order valence-corrected chi connectivity index (χ3v) is 4.55. The molecular weight excluding hydrogens is 234 g/mol. The van der Waals surface area contributed by atoms with Crippen LogP contribution < -0.4 is 5.32 Å². The largest absolute Gasteiger partial charge is 0.312 e. The molecule has 96 valence electrons. The smallest absolute Gasteiger partial charge is 0.151 e. The van der Waals surface area contributed by atoms with Crippen molar-refractivity contribution < 1.29 is 8.42 Å². The highest BCUT2D eigenvalue weighted by Gasteiger charge is 2.06. The van der Waals surface area contributed by atoms with Crippen LogP contribution in [0.3, 0.4) is 0 Å². The summed E-state index contributed by atoms with van der Waals surface area (Å²) in [4.78, 5) is 0. The first kappa shape index (κ1) is 14.2. The molecule has 0 radical (unpaired) electrons. The average Bonchev–Trinajstić information content (AvgIpc) is 2.35. The van der Waals surface area contributed by atoms with Gasteiger partial charge < -0.3 is 5.32 Å². The second-order valence-corrected chi connectivity index (χ2v) is 6.51. The summed E-state index contributed by atoms with van der Waals surface area (Å²) in [5, 5.41) is 3.19. The van der Waals surface area contributed by atoms with Crippen molar-refractivity contribution in [2.45, 2.75) is 26.8 Å². The van der Waals surface area contributed by atoms with Gasteiger partial charge in [-0.25, -0.2) is 8.42 Å². The Morgan fingerprint density at radius 2 is 1.76 bits per heavy atom. The van der Waals surface area contributed by atoms with E-state index in [1.807, 2.05) is 12.1 Å². The van der Waals surface area contributed by atoms with E-state index in [0.717, 1.165) is 13.0 Å². The molecular formula is C13H21NO2S. The van der Waals surface area contributed by atoms with Crippen molar-refractivity contribution in [2.24, 2.45) is 0 Å². The Morgan fingerprint density at radius 1 is 1.12 bits per heavy atom. The Hall–Kier alpha value is -0.870. The van der Waals surface area contributed by atoms with Crippen molar-refractivity contribution in [1.29, 1.82) is 0 Å². The standard InChI is InChI=1S/C13H21NO2S/c1-3-12-7-5-6-8-13(12)11-14-9-10-17(15,16)4-2/h5-8,14H,3-4,9-11H2,1-2H3. The summed E-state index contributed by atoms with van der Waals surface area (Å²) >= 11 is 0. The predicted octanol–water partition coefficient (Wildman–Crippen LogP) is 1.77. The van der Waals surface area contributed by atoms with Crippen LogP contribution in [0, 0.1) is 0 Å². The van der Waals surface area contributed by atoms with E-state index in [-0.39, 0.29) is 11.5 Å². The predicted molar refractivity (Wildman–Crippen MR) is 71.9 cm³/mol. The maximum absolute atomic E-state index is 11.3. The number of rotatable bonds is 7. The zero-order valence-electron chi connectivity index (χ0n) is 10.6. The number of aryl methyl sites for hydroxylation is 1. The van der Waals surface area contributed by atoms with Crippen molar-refractivity contribution in [2.75, 3.05) is 18.1 Å². The van der Waals surface area contributed by atoms with E-state index in [1.54, 1.807) is 6.92 Å². The molecule has 0 aliphatic rings. The SMILES string of the molecule is CCc1ccccc1CNCCS(=O)(=O)CC. The van der Waals surface area contributed by atoms with E-state index >= 15 is 0 Å². The molecule has 0 atom stereocenters. The molecule has 0 saturated carbocycles. The van der Waals surface area contributed by atoms with Gasteiger partial charge in [-0.05, 0) is 17.5 Å². The third-order valence-electron chi connectivity index (χ3n) is 2.84.